The number of carbonyl (C=O) groups excluding carboxylic acids is 1. The lowest BCUT2D eigenvalue weighted by Crippen LogP contribution is -2.32. The van der Waals surface area contributed by atoms with Crippen LogP contribution >= 0.6 is 11.8 Å². The van der Waals surface area contributed by atoms with Crippen LogP contribution in [-0.2, 0) is 17.1 Å². The highest BCUT2D eigenvalue weighted by Crippen LogP contribution is 2.56. The molecule has 0 unspecified atom stereocenters. The Morgan fingerprint density at radius 2 is 1.48 bits per heavy atom. The van der Waals surface area contributed by atoms with Gasteiger partial charge in [-0.25, -0.2) is 4.99 Å². The molecule has 2 aromatic rings. The molecule has 0 radical (unpaired) electrons. The van der Waals surface area contributed by atoms with E-state index in [4.69, 9.17) is 0 Å². The lowest BCUT2D eigenvalue weighted by atomic mass is 10.1. The Kier molecular flexibility index (Phi) is 4.45. The zero-order valence-electron chi connectivity index (χ0n) is 14.5. The third-order valence-corrected chi connectivity index (χ3v) is 6.03. The maximum absolute atomic E-state index is 13.1. The van der Waals surface area contributed by atoms with Crippen molar-refractivity contribution in [2.75, 3.05) is 4.90 Å². The first-order valence-electron chi connectivity index (χ1n) is 8.46. The molecule has 0 N–H and O–H groups in total. The summed E-state index contributed by atoms with van der Waals surface area (Å²) in [5, 5.41) is 0.0612. The molecule has 0 bridgehead atoms. The van der Waals surface area contributed by atoms with E-state index in [1.54, 1.807) is 0 Å². The molecule has 1 heterocycles. The van der Waals surface area contributed by atoms with Crippen molar-refractivity contribution >= 4 is 34.2 Å². The van der Waals surface area contributed by atoms with E-state index in [1.165, 1.54) is 24.3 Å². The van der Waals surface area contributed by atoms with Crippen molar-refractivity contribution in [3.05, 3.63) is 59.7 Å². The number of rotatable bonds is 2. The van der Waals surface area contributed by atoms with Gasteiger partial charge in [-0.15, -0.1) is 0 Å². The fourth-order valence-corrected chi connectivity index (χ4v) is 4.23. The van der Waals surface area contributed by atoms with Gasteiger partial charge in [0.25, 0.3) is 0 Å². The molecule has 152 valence electrons. The second kappa shape index (κ2) is 6.51. The number of nitrogens with zero attached hydrogens (tertiary/aromatic N) is 2. The molecule has 2 aromatic carbocycles. The minimum absolute atomic E-state index is 0.0215. The number of carbonyl (C=O) groups is 1. The third-order valence-electron chi connectivity index (χ3n) is 4.60. The van der Waals surface area contributed by atoms with Crippen molar-refractivity contribution in [1.82, 2.24) is 0 Å². The van der Waals surface area contributed by atoms with Gasteiger partial charge in [0.05, 0.1) is 22.5 Å². The molecule has 1 saturated heterocycles. The summed E-state index contributed by atoms with van der Waals surface area (Å²) in [5.41, 5.74) is -1.89. The summed E-state index contributed by atoms with van der Waals surface area (Å²) in [6.07, 6.45) is -8.09. The summed E-state index contributed by atoms with van der Waals surface area (Å²) in [6.45, 7) is 0. The van der Waals surface area contributed by atoms with Crippen LogP contribution in [0.1, 0.15) is 24.0 Å². The normalized spacial score (nSPS) is 20.0. The summed E-state index contributed by atoms with van der Waals surface area (Å²) in [6, 6.07) is 8.49. The van der Waals surface area contributed by atoms with Gasteiger partial charge in [0.15, 0.2) is 5.17 Å². The highest BCUT2D eigenvalue weighted by atomic mass is 32.2. The van der Waals surface area contributed by atoms with E-state index in [2.05, 4.69) is 4.99 Å². The first kappa shape index (κ1) is 19.8. The maximum atomic E-state index is 13.1. The van der Waals surface area contributed by atoms with Gasteiger partial charge in [0.2, 0.25) is 5.91 Å². The fourth-order valence-electron chi connectivity index (χ4n) is 2.97. The summed E-state index contributed by atoms with van der Waals surface area (Å²) in [4.78, 5) is 18.1. The Balaban J connectivity index is 1.77. The van der Waals surface area contributed by atoms with Crippen LogP contribution in [0.3, 0.4) is 0 Å². The number of halogens is 6. The number of benzene rings is 2. The van der Waals surface area contributed by atoms with Crippen molar-refractivity contribution in [2.24, 2.45) is 4.99 Å². The van der Waals surface area contributed by atoms with Crippen LogP contribution < -0.4 is 4.90 Å². The number of hydrogen-bond donors (Lipinski definition) is 0. The topological polar surface area (TPSA) is 32.7 Å². The quantitative estimate of drug-likeness (QED) is 0.546. The highest BCUT2D eigenvalue weighted by molar-refractivity contribution is 8.17. The Morgan fingerprint density at radius 3 is 2.07 bits per heavy atom. The lowest BCUT2D eigenvalue weighted by molar-refractivity contribution is -0.138. The molecule has 2 fully saturated rings. The predicted molar refractivity (Wildman–Crippen MR) is 97.0 cm³/mol. The highest BCUT2D eigenvalue weighted by Gasteiger charge is 2.60. The molecular formula is C19H12F6N2OS. The van der Waals surface area contributed by atoms with Gasteiger partial charge in [-0.2, -0.15) is 26.3 Å². The number of aliphatic imine (C=N–C) groups is 1. The van der Waals surface area contributed by atoms with Crippen LogP contribution in [0.4, 0.5) is 37.7 Å². The second-order valence-corrected chi connectivity index (χ2v) is 8.08. The SMILES string of the molecule is O=C1N(c2cccc(C(F)(F)F)c2)C(=Nc2cccc(C(F)(F)F)c2)SC12CC2. The second-order valence-electron chi connectivity index (χ2n) is 6.73. The monoisotopic (exact) mass is 430 g/mol. The van der Waals surface area contributed by atoms with E-state index in [-0.39, 0.29) is 16.5 Å². The van der Waals surface area contributed by atoms with Crippen LogP contribution in [0.15, 0.2) is 53.5 Å². The van der Waals surface area contributed by atoms with E-state index in [9.17, 15) is 31.1 Å². The van der Waals surface area contributed by atoms with Gasteiger partial charge in [0, 0.05) is 0 Å². The molecule has 1 spiro atoms. The molecular weight excluding hydrogens is 418 g/mol. The first-order valence-corrected chi connectivity index (χ1v) is 9.28. The molecule has 0 atom stereocenters. The van der Waals surface area contributed by atoms with Crippen molar-refractivity contribution < 1.29 is 31.1 Å². The average molecular weight is 430 g/mol. The van der Waals surface area contributed by atoms with Crippen LogP contribution in [-0.4, -0.2) is 15.8 Å². The Labute approximate surface area is 165 Å². The summed E-state index contributed by atoms with van der Waals surface area (Å²) >= 11 is 1.08. The number of anilines is 1. The Bertz CT molecular complexity index is 1010. The van der Waals surface area contributed by atoms with Crippen molar-refractivity contribution in [3.63, 3.8) is 0 Å². The predicted octanol–water partition coefficient (Wildman–Crippen LogP) is 6.02. The van der Waals surface area contributed by atoms with E-state index < -0.39 is 34.1 Å². The van der Waals surface area contributed by atoms with Crippen molar-refractivity contribution in [2.45, 2.75) is 29.9 Å². The molecule has 1 aliphatic carbocycles. The number of amides is 1. The molecule has 0 aromatic heterocycles. The molecule has 4 rings (SSSR count). The number of alkyl halides is 6. The van der Waals surface area contributed by atoms with E-state index >= 15 is 0 Å². The van der Waals surface area contributed by atoms with Crippen molar-refractivity contribution in [3.8, 4) is 0 Å². The largest absolute Gasteiger partial charge is 0.416 e. The number of thioether (sulfide) groups is 1. The van der Waals surface area contributed by atoms with Crippen LogP contribution in [0.25, 0.3) is 0 Å². The zero-order valence-corrected chi connectivity index (χ0v) is 15.3. The molecule has 3 nitrogen and oxygen atoms in total. The summed E-state index contributed by atoms with van der Waals surface area (Å²) < 4.78 is 77.3. The molecule has 10 heteroatoms. The third kappa shape index (κ3) is 3.73. The van der Waals surface area contributed by atoms with Crippen LogP contribution in [0, 0.1) is 0 Å². The fraction of sp³-hybridized carbons (Fsp3) is 0.263. The number of amidine groups is 1. The molecule has 1 amide bonds. The maximum Gasteiger partial charge on any atom is 0.416 e. The Hall–Kier alpha value is -2.49. The van der Waals surface area contributed by atoms with E-state index in [0.717, 1.165) is 40.9 Å². The standard InChI is InChI=1S/C19H12F6N2OS/c20-18(21,22)11-3-1-5-13(9-11)26-16-27(15(28)17(29-16)7-8-17)14-6-2-4-12(10-14)19(23,24)25/h1-6,9-10H,7-8H2. The number of hydrogen-bond acceptors (Lipinski definition) is 3. The molecule has 1 saturated carbocycles. The zero-order chi connectivity index (χ0) is 21.0. The Morgan fingerprint density at radius 1 is 0.897 bits per heavy atom. The van der Waals surface area contributed by atoms with Gasteiger partial charge >= 0.3 is 12.4 Å². The molecule has 2 aliphatic rings. The van der Waals surface area contributed by atoms with E-state index in [0.29, 0.717) is 12.8 Å². The molecule has 1 aliphatic heterocycles. The summed E-state index contributed by atoms with van der Waals surface area (Å²) in [5.74, 6) is -0.410. The van der Waals surface area contributed by atoms with Gasteiger partial charge in [-0.3, -0.25) is 9.69 Å². The van der Waals surface area contributed by atoms with Crippen LogP contribution in [0.2, 0.25) is 0 Å². The van der Waals surface area contributed by atoms with E-state index in [1.807, 2.05) is 0 Å². The minimum Gasteiger partial charge on any atom is -0.272 e. The van der Waals surface area contributed by atoms with Gasteiger partial charge in [-0.05, 0) is 49.2 Å². The molecule has 29 heavy (non-hydrogen) atoms. The minimum atomic E-state index is -4.60. The van der Waals surface area contributed by atoms with Gasteiger partial charge < -0.3 is 0 Å². The van der Waals surface area contributed by atoms with Gasteiger partial charge in [0.1, 0.15) is 4.75 Å². The summed E-state index contributed by atoms with van der Waals surface area (Å²) in [7, 11) is 0. The smallest absolute Gasteiger partial charge is 0.272 e. The first-order chi connectivity index (χ1) is 13.5. The van der Waals surface area contributed by atoms with Crippen molar-refractivity contribution in [1.29, 1.82) is 0 Å². The lowest BCUT2D eigenvalue weighted by Gasteiger charge is -2.18. The average Bonchev–Trinajstić information content (AvgIpc) is 3.36. The van der Waals surface area contributed by atoms with Crippen LogP contribution in [0.5, 0.6) is 0 Å². The van der Waals surface area contributed by atoms with Gasteiger partial charge in [-0.1, -0.05) is 23.9 Å².